The molecule has 0 bridgehead atoms. The molecule has 2 atom stereocenters. The molecule has 2 aliphatic rings. The van der Waals surface area contributed by atoms with Crippen LogP contribution < -0.4 is 15.5 Å². The van der Waals surface area contributed by atoms with E-state index in [1.54, 1.807) is 7.05 Å². The molecule has 1 aromatic rings. The molecule has 2 fully saturated rings. The topological polar surface area (TPSA) is 73.8 Å². The molecule has 0 spiro atoms. The number of benzene rings is 1. The first-order valence-corrected chi connectivity index (χ1v) is 11.2. The smallest absolute Gasteiger partial charge is 0.191 e. The summed E-state index contributed by atoms with van der Waals surface area (Å²) in [4.78, 5) is 6.61. The summed E-state index contributed by atoms with van der Waals surface area (Å²) in [5, 5.41) is 7.36. The van der Waals surface area contributed by atoms with E-state index in [1.807, 2.05) is 12.1 Å². The van der Waals surface area contributed by atoms with Gasteiger partial charge in [-0.3, -0.25) is 4.99 Å². The van der Waals surface area contributed by atoms with Crippen molar-refractivity contribution in [2.45, 2.75) is 25.8 Å². The highest BCUT2D eigenvalue weighted by molar-refractivity contribution is 14.0. The number of aryl methyl sites for hydroxylation is 1. The van der Waals surface area contributed by atoms with Gasteiger partial charge in [-0.2, -0.15) is 0 Å². The molecule has 1 aromatic carbocycles. The van der Waals surface area contributed by atoms with Crippen molar-refractivity contribution >= 4 is 57.1 Å². The van der Waals surface area contributed by atoms with Gasteiger partial charge in [0.1, 0.15) is 0 Å². The number of sulfone groups is 1. The summed E-state index contributed by atoms with van der Waals surface area (Å²) < 4.78 is 23.2. The zero-order chi connectivity index (χ0) is 18.7. The Morgan fingerprint density at radius 2 is 2.15 bits per heavy atom. The predicted molar refractivity (Wildman–Crippen MR) is 123 cm³/mol. The molecule has 2 heterocycles. The maximum atomic E-state index is 11.6. The molecule has 3 rings (SSSR count). The Labute approximate surface area is 184 Å². The average Bonchev–Trinajstić information content (AvgIpc) is 3.20. The van der Waals surface area contributed by atoms with Gasteiger partial charge in [0.15, 0.2) is 15.8 Å². The van der Waals surface area contributed by atoms with Gasteiger partial charge in [-0.15, -0.1) is 24.0 Å². The van der Waals surface area contributed by atoms with Crippen LogP contribution in [0.1, 0.15) is 18.4 Å². The molecule has 152 valence electrons. The highest BCUT2D eigenvalue weighted by atomic mass is 127. The number of aliphatic imine (C=N–C) groups is 1. The van der Waals surface area contributed by atoms with E-state index >= 15 is 0 Å². The number of anilines is 1. The van der Waals surface area contributed by atoms with Crippen molar-refractivity contribution in [1.29, 1.82) is 0 Å². The van der Waals surface area contributed by atoms with Crippen LogP contribution in [0.25, 0.3) is 0 Å². The molecule has 9 heteroatoms. The van der Waals surface area contributed by atoms with E-state index in [2.05, 4.69) is 33.5 Å². The molecule has 2 unspecified atom stereocenters. The SMILES string of the molecule is CN=C(NCC1CCN(c2cc(Cl)ccc2C)C1)NC1CCS(=O)(=O)C1.I. The van der Waals surface area contributed by atoms with Crippen LogP contribution in [0.5, 0.6) is 0 Å². The number of guanidine groups is 1. The molecule has 0 amide bonds. The van der Waals surface area contributed by atoms with Crippen molar-refractivity contribution < 1.29 is 8.42 Å². The van der Waals surface area contributed by atoms with Crippen LogP contribution in [-0.4, -0.2) is 58.6 Å². The summed E-state index contributed by atoms with van der Waals surface area (Å²) in [6.07, 6.45) is 1.75. The number of hydrogen-bond acceptors (Lipinski definition) is 4. The van der Waals surface area contributed by atoms with E-state index < -0.39 is 9.84 Å². The first-order chi connectivity index (χ1) is 12.4. The summed E-state index contributed by atoms with van der Waals surface area (Å²) >= 11 is 6.15. The van der Waals surface area contributed by atoms with E-state index in [-0.39, 0.29) is 41.5 Å². The molecule has 27 heavy (non-hydrogen) atoms. The molecular weight excluding hydrogens is 499 g/mol. The van der Waals surface area contributed by atoms with Crippen LogP contribution in [0, 0.1) is 12.8 Å². The first kappa shape index (κ1) is 22.5. The maximum Gasteiger partial charge on any atom is 0.191 e. The fraction of sp³-hybridized carbons (Fsp3) is 0.611. The molecule has 0 aromatic heterocycles. The van der Waals surface area contributed by atoms with Gasteiger partial charge < -0.3 is 15.5 Å². The van der Waals surface area contributed by atoms with Crippen LogP contribution in [0.2, 0.25) is 5.02 Å². The van der Waals surface area contributed by atoms with Crippen molar-refractivity contribution in [3.05, 3.63) is 28.8 Å². The van der Waals surface area contributed by atoms with Gasteiger partial charge in [0, 0.05) is 43.4 Å². The Morgan fingerprint density at radius 3 is 2.81 bits per heavy atom. The van der Waals surface area contributed by atoms with Crippen LogP contribution in [0.3, 0.4) is 0 Å². The second-order valence-electron chi connectivity index (χ2n) is 7.23. The van der Waals surface area contributed by atoms with Crippen LogP contribution >= 0.6 is 35.6 Å². The molecule has 0 aliphatic carbocycles. The van der Waals surface area contributed by atoms with Gasteiger partial charge in [-0.25, -0.2) is 8.42 Å². The quantitative estimate of drug-likeness (QED) is 0.358. The number of hydrogen-bond donors (Lipinski definition) is 2. The Hall–Kier alpha value is -0.740. The summed E-state index contributed by atoms with van der Waals surface area (Å²) in [5.74, 6) is 1.65. The summed E-state index contributed by atoms with van der Waals surface area (Å²) in [7, 11) is -1.17. The van der Waals surface area contributed by atoms with E-state index in [4.69, 9.17) is 11.6 Å². The molecular formula is C18H28ClIN4O2S. The van der Waals surface area contributed by atoms with Gasteiger partial charge in [-0.05, 0) is 43.4 Å². The minimum atomic E-state index is -2.89. The highest BCUT2D eigenvalue weighted by Gasteiger charge is 2.29. The third kappa shape index (κ3) is 6.12. The van der Waals surface area contributed by atoms with Crippen molar-refractivity contribution in [3.63, 3.8) is 0 Å². The van der Waals surface area contributed by atoms with Gasteiger partial charge in [0.2, 0.25) is 0 Å². The largest absolute Gasteiger partial charge is 0.371 e. The van der Waals surface area contributed by atoms with E-state index in [0.717, 1.165) is 31.1 Å². The van der Waals surface area contributed by atoms with Crippen LogP contribution in [0.4, 0.5) is 5.69 Å². The lowest BCUT2D eigenvalue weighted by Crippen LogP contribution is -2.45. The van der Waals surface area contributed by atoms with Gasteiger partial charge >= 0.3 is 0 Å². The predicted octanol–water partition coefficient (Wildman–Crippen LogP) is 2.44. The van der Waals surface area contributed by atoms with Crippen molar-refractivity contribution in [1.82, 2.24) is 10.6 Å². The number of nitrogens with one attached hydrogen (secondary N) is 2. The zero-order valence-corrected chi connectivity index (χ0v) is 19.6. The van der Waals surface area contributed by atoms with Gasteiger partial charge in [-0.1, -0.05) is 17.7 Å². The lowest BCUT2D eigenvalue weighted by Gasteiger charge is -2.22. The normalized spacial score (nSPS) is 24.6. The van der Waals surface area contributed by atoms with E-state index in [0.29, 0.717) is 18.3 Å². The second-order valence-corrected chi connectivity index (χ2v) is 9.89. The Morgan fingerprint density at radius 1 is 1.37 bits per heavy atom. The van der Waals surface area contributed by atoms with Crippen molar-refractivity contribution in [2.24, 2.45) is 10.9 Å². The number of halogens is 2. The maximum absolute atomic E-state index is 11.6. The molecule has 0 saturated carbocycles. The van der Waals surface area contributed by atoms with Crippen LogP contribution in [0.15, 0.2) is 23.2 Å². The summed E-state index contributed by atoms with van der Waals surface area (Å²) in [6, 6.07) is 5.98. The number of nitrogens with zero attached hydrogens (tertiary/aromatic N) is 2. The van der Waals surface area contributed by atoms with Gasteiger partial charge in [0.05, 0.1) is 11.5 Å². The monoisotopic (exact) mass is 526 g/mol. The Bertz CT molecular complexity index is 788. The average molecular weight is 527 g/mol. The summed E-state index contributed by atoms with van der Waals surface area (Å²) in [6.45, 7) is 4.91. The summed E-state index contributed by atoms with van der Waals surface area (Å²) in [5.41, 5.74) is 2.45. The second kappa shape index (κ2) is 9.65. The fourth-order valence-electron chi connectivity index (χ4n) is 3.68. The Balaban J connectivity index is 0.00000261. The van der Waals surface area contributed by atoms with Crippen molar-refractivity contribution in [2.75, 3.05) is 43.1 Å². The Kier molecular flexibility index (Phi) is 8.05. The van der Waals surface area contributed by atoms with Crippen molar-refractivity contribution in [3.8, 4) is 0 Å². The highest BCUT2D eigenvalue weighted by Crippen LogP contribution is 2.29. The third-order valence-electron chi connectivity index (χ3n) is 5.15. The van der Waals surface area contributed by atoms with E-state index in [1.165, 1.54) is 11.3 Å². The van der Waals surface area contributed by atoms with E-state index in [9.17, 15) is 8.42 Å². The number of rotatable bonds is 4. The third-order valence-corrected chi connectivity index (χ3v) is 7.16. The molecule has 6 nitrogen and oxygen atoms in total. The minimum Gasteiger partial charge on any atom is -0.371 e. The molecule has 2 saturated heterocycles. The lowest BCUT2D eigenvalue weighted by molar-refractivity contribution is 0.558. The first-order valence-electron chi connectivity index (χ1n) is 9.05. The lowest BCUT2D eigenvalue weighted by atomic mass is 10.1. The fourth-order valence-corrected chi connectivity index (χ4v) is 5.52. The standard InChI is InChI=1S/C18H27ClN4O2S.HI/c1-13-3-4-15(19)9-17(13)23-7-5-14(11-23)10-21-18(20-2)22-16-6-8-26(24,25)12-16;/h3-4,9,14,16H,5-8,10-12H2,1-2H3,(H2,20,21,22);1H. The minimum absolute atomic E-state index is 0. The zero-order valence-electron chi connectivity index (χ0n) is 15.7. The molecule has 0 radical (unpaired) electrons. The van der Waals surface area contributed by atoms with Crippen LogP contribution in [-0.2, 0) is 9.84 Å². The molecule has 2 aliphatic heterocycles. The molecule has 2 N–H and O–H groups in total. The van der Waals surface area contributed by atoms with Gasteiger partial charge in [0.25, 0.3) is 0 Å².